The van der Waals surface area contributed by atoms with Crippen LogP contribution in [-0.2, 0) is 6.18 Å². The summed E-state index contributed by atoms with van der Waals surface area (Å²) in [7, 11) is 0. The largest absolute Gasteiger partial charge is 0.418 e. The minimum absolute atomic E-state index is 0.0789. The molecular weight excluding hydrogens is 393 g/mol. The smallest absolute Gasteiger partial charge is 0.370 e. The minimum atomic E-state index is -4.38. The molecule has 30 heavy (non-hydrogen) atoms. The van der Waals surface area contributed by atoms with E-state index in [1.165, 1.54) is 12.1 Å². The molecule has 1 amide bonds. The van der Waals surface area contributed by atoms with Gasteiger partial charge in [-0.25, -0.2) is 4.52 Å². The van der Waals surface area contributed by atoms with Crippen molar-refractivity contribution < 1.29 is 18.0 Å². The van der Waals surface area contributed by atoms with Crippen LogP contribution < -0.4 is 4.90 Å². The number of carbonyl (C=O) groups is 1. The van der Waals surface area contributed by atoms with E-state index in [1.54, 1.807) is 16.6 Å². The summed E-state index contributed by atoms with van der Waals surface area (Å²) in [4.78, 5) is 16.7. The van der Waals surface area contributed by atoms with Gasteiger partial charge in [0.2, 0.25) is 0 Å². The maximum Gasteiger partial charge on any atom is 0.418 e. The molecule has 3 aromatic rings. The van der Waals surface area contributed by atoms with E-state index in [2.05, 4.69) is 5.10 Å². The van der Waals surface area contributed by atoms with Crippen molar-refractivity contribution in [2.75, 3.05) is 31.1 Å². The van der Waals surface area contributed by atoms with Gasteiger partial charge in [0.05, 0.1) is 16.8 Å². The first-order valence-corrected chi connectivity index (χ1v) is 9.97. The van der Waals surface area contributed by atoms with Gasteiger partial charge in [-0.3, -0.25) is 4.79 Å². The monoisotopic (exact) mass is 414 g/mol. The average Bonchev–Trinajstić information content (AvgIpc) is 3.39. The first-order chi connectivity index (χ1) is 14.3. The molecule has 5 rings (SSSR count). The number of likely N-dealkylation sites (tertiary alicyclic amines) is 1. The van der Waals surface area contributed by atoms with Crippen LogP contribution in [0.2, 0.25) is 0 Å². The van der Waals surface area contributed by atoms with E-state index in [1.807, 2.05) is 34.9 Å². The number of fused-ring (bicyclic) bond motifs is 2. The second-order valence-corrected chi connectivity index (χ2v) is 8.18. The molecule has 0 saturated carbocycles. The zero-order valence-corrected chi connectivity index (χ0v) is 16.4. The lowest BCUT2D eigenvalue weighted by molar-refractivity contribution is -0.137. The summed E-state index contributed by atoms with van der Waals surface area (Å²) in [5.74, 6) is 0.247. The second-order valence-electron chi connectivity index (χ2n) is 8.18. The fourth-order valence-electron chi connectivity index (χ4n) is 4.75. The number of aromatic nitrogens is 2. The average molecular weight is 414 g/mol. The summed E-state index contributed by atoms with van der Waals surface area (Å²) in [6, 6.07) is 13.2. The number of aryl methyl sites for hydroxylation is 1. The highest BCUT2D eigenvalue weighted by Gasteiger charge is 2.44. The molecule has 0 unspecified atom stereocenters. The molecule has 0 N–H and O–H groups in total. The summed E-state index contributed by atoms with van der Waals surface area (Å²) in [5, 5.41) is 4.44. The Morgan fingerprint density at radius 1 is 0.967 bits per heavy atom. The van der Waals surface area contributed by atoms with Gasteiger partial charge < -0.3 is 9.80 Å². The molecule has 4 heterocycles. The molecule has 0 aliphatic carbocycles. The maximum atomic E-state index is 13.4. The molecule has 2 aliphatic heterocycles. The van der Waals surface area contributed by atoms with E-state index < -0.39 is 11.7 Å². The highest BCUT2D eigenvalue weighted by molar-refractivity contribution is 5.94. The van der Waals surface area contributed by atoms with Crippen molar-refractivity contribution >= 4 is 17.1 Å². The Kier molecular flexibility index (Phi) is 4.27. The Morgan fingerprint density at radius 2 is 1.63 bits per heavy atom. The van der Waals surface area contributed by atoms with Crippen molar-refractivity contribution in [3.63, 3.8) is 0 Å². The van der Waals surface area contributed by atoms with Crippen LogP contribution in [0.4, 0.5) is 18.9 Å². The third-order valence-corrected chi connectivity index (χ3v) is 6.18. The molecule has 2 atom stereocenters. The number of rotatable bonds is 2. The summed E-state index contributed by atoms with van der Waals surface area (Å²) in [6.45, 7) is 4.02. The molecule has 0 radical (unpaired) electrons. The maximum absolute atomic E-state index is 13.4. The number of amides is 1. The number of carbonyl (C=O) groups excluding carboxylic acids is 1. The number of benzene rings is 1. The van der Waals surface area contributed by atoms with Crippen LogP contribution in [0.1, 0.15) is 21.7 Å². The number of hydrogen-bond acceptors (Lipinski definition) is 3. The quantitative estimate of drug-likeness (QED) is 0.639. The topological polar surface area (TPSA) is 40.9 Å². The van der Waals surface area contributed by atoms with E-state index in [4.69, 9.17) is 0 Å². The van der Waals surface area contributed by atoms with Gasteiger partial charge in [0.15, 0.2) is 0 Å². The normalized spacial score (nSPS) is 21.5. The molecule has 2 aliphatic rings. The fourth-order valence-corrected chi connectivity index (χ4v) is 4.75. The Morgan fingerprint density at radius 3 is 2.33 bits per heavy atom. The standard InChI is InChI=1S/C22H21F3N4O/c1-14-6-7-17-8-9-20(29(17)26-14)21(30)28-12-15-10-27(11-16(15)13-28)19-5-3-2-4-18(19)22(23,24)25/h2-9,15-16H,10-13H2,1H3/t15-,16+. The lowest BCUT2D eigenvalue weighted by Gasteiger charge is -2.25. The molecule has 2 fully saturated rings. The first-order valence-electron chi connectivity index (χ1n) is 9.97. The highest BCUT2D eigenvalue weighted by atomic mass is 19.4. The van der Waals surface area contributed by atoms with Crippen molar-refractivity contribution in [2.24, 2.45) is 11.8 Å². The Labute approximate surface area is 171 Å². The fraction of sp³-hybridized carbons (Fsp3) is 0.364. The van der Waals surface area contributed by atoms with E-state index in [0.717, 1.165) is 17.3 Å². The molecule has 0 bridgehead atoms. The molecule has 2 saturated heterocycles. The van der Waals surface area contributed by atoms with Crippen molar-refractivity contribution in [1.82, 2.24) is 14.5 Å². The Hall–Kier alpha value is -3.03. The van der Waals surface area contributed by atoms with Crippen LogP contribution in [-0.4, -0.2) is 46.6 Å². The second kappa shape index (κ2) is 6.75. The van der Waals surface area contributed by atoms with Crippen LogP contribution in [0, 0.1) is 18.8 Å². The van der Waals surface area contributed by atoms with Gasteiger partial charge in [-0.05, 0) is 43.3 Å². The van der Waals surface area contributed by atoms with Crippen molar-refractivity contribution in [3.05, 3.63) is 65.5 Å². The molecule has 5 nitrogen and oxygen atoms in total. The number of hydrogen-bond donors (Lipinski definition) is 0. The zero-order chi connectivity index (χ0) is 21.0. The summed E-state index contributed by atoms with van der Waals surface area (Å²) < 4.78 is 41.8. The van der Waals surface area contributed by atoms with E-state index in [-0.39, 0.29) is 23.4 Å². The van der Waals surface area contributed by atoms with Gasteiger partial charge in [0.25, 0.3) is 5.91 Å². The van der Waals surface area contributed by atoms with E-state index in [0.29, 0.717) is 31.9 Å². The number of nitrogens with zero attached hydrogens (tertiary/aromatic N) is 4. The molecule has 8 heteroatoms. The van der Waals surface area contributed by atoms with Gasteiger partial charge in [0, 0.05) is 43.7 Å². The van der Waals surface area contributed by atoms with Gasteiger partial charge in [0.1, 0.15) is 5.69 Å². The number of para-hydroxylation sites is 1. The van der Waals surface area contributed by atoms with Crippen LogP contribution in [0.25, 0.3) is 5.52 Å². The SMILES string of the molecule is Cc1ccc2ccc(C(=O)N3C[C@@H]4CN(c5ccccc5C(F)(F)F)C[C@@H]4C3)n2n1. The van der Waals surface area contributed by atoms with Gasteiger partial charge in [-0.15, -0.1) is 0 Å². The van der Waals surface area contributed by atoms with Crippen LogP contribution in [0.5, 0.6) is 0 Å². The highest BCUT2D eigenvalue weighted by Crippen LogP contribution is 2.41. The van der Waals surface area contributed by atoms with E-state index >= 15 is 0 Å². The van der Waals surface area contributed by atoms with Gasteiger partial charge >= 0.3 is 6.18 Å². The van der Waals surface area contributed by atoms with Crippen molar-refractivity contribution in [1.29, 1.82) is 0 Å². The Balaban J connectivity index is 1.33. The van der Waals surface area contributed by atoms with Gasteiger partial charge in [-0.1, -0.05) is 12.1 Å². The molecule has 1 aromatic carbocycles. The molecule has 0 spiro atoms. The zero-order valence-electron chi connectivity index (χ0n) is 16.4. The van der Waals surface area contributed by atoms with E-state index in [9.17, 15) is 18.0 Å². The predicted octanol–water partition coefficient (Wildman–Crippen LogP) is 3.87. The summed E-state index contributed by atoms with van der Waals surface area (Å²) in [6.07, 6.45) is -4.38. The van der Waals surface area contributed by atoms with Crippen LogP contribution >= 0.6 is 0 Å². The van der Waals surface area contributed by atoms with Crippen molar-refractivity contribution in [2.45, 2.75) is 13.1 Å². The lowest BCUT2D eigenvalue weighted by atomic mass is 10.0. The molecule has 2 aromatic heterocycles. The lowest BCUT2D eigenvalue weighted by Crippen LogP contribution is -2.34. The number of halogens is 3. The van der Waals surface area contributed by atoms with Crippen molar-refractivity contribution in [3.8, 4) is 0 Å². The van der Waals surface area contributed by atoms with Crippen LogP contribution in [0.15, 0.2) is 48.5 Å². The van der Waals surface area contributed by atoms with Crippen LogP contribution in [0.3, 0.4) is 0 Å². The first kappa shape index (κ1) is 19.0. The third kappa shape index (κ3) is 3.11. The summed E-state index contributed by atoms with van der Waals surface area (Å²) in [5.41, 5.74) is 1.84. The predicted molar refractivity (Wildman–Crippen MR) is 106 cm³/mol. The Bertz CT molecular complexity index is 1110. The molecule has 156 valence electrons. The molecular formula is C22H21F3N4O. The number of alkyl halides is 3. The number of anilines is 1. The summed E-state index contributed by atoms with van der Waals surface area (Å²) >= 11 is 0. The van der Waals surface area contributed by atoms with Gasteiger partial charge in [-0.2, -0.15) is 18.3 Å². The minimum Gasteiger partial charge on any atom is -0.370 e. The third-order valence-electron chi connectivity index (χ3n) is 6.18.